The number of halogens is 3. The maximum Gasteiger partial charge on any atom is 0.276 e. The van der Waals surface area contributed by atoms with Crippen LogP contribution in [0.1, 0.15) is 0 Å². The van der Waals surface area contributed by atoms with E-state index in [4.69, 9.17) is 0 Å². The number of hydrogen-bond acceptors (Lipinski definition) is 3. The summed E-state index contributed by atoms with van der Waals surface area (Å²) in [6.45, 7) is -1.39. The van der Waals surface area contributed by atoms with Crippen LogP contribution < -0.4 is 4.74 Å². The molecule has 0 spiro atoms. The molecule has 0 heterocycles. The Balaban J connectivity index is 3.20. The molecule has 0 saturated carbocycles. The van der Waals surface area contributed by atoms with Crippen LogP contribution in [0.3, 0.4) is 0 Å². The molecule has 0 aliphatic heterocycles. The molecule has 1 aromatic carbocycles. The van der Waals surface area contributed by atoms with E-state index in [-0.39, 0.29) is 0 Å². The minimum absolute atomic E-state index is 0.389. The number of nitro groups is 1. The highest BCUT2D eigenvalue weighted by Crippen LogP contribution is 2.26. The van der Waals surface area contributed by atoms with Crippen LogP contribution in [-0.2, 0) is 0 Å². The molecule has 0 radical (unpaired) electrons. The Hall–Kier alpha value is -1.79. The lowest BCUT2D eigenvalue weighted by Gasteiger charge is -2.02. The number of ether oxygens (including phenoxy) is 1. The van der Waals surface area contributed by atoms with E-state index in [1.807, 2.05) is 0 Å². The van der Waals surface area contributed by atoms with Gasteiger partial charge >= 0.3 is 0 Å². The molecule has 7 heteroatoms. The predicted octanol–water partition coefficient (Wildman–Crippen LogP) is 2.18. The molecule has 1 rings (SSSR count). The van der Waals surface area contributed by atoms with Gasteiger partial charge in [-0.05, 0) is 0 Å². The van der Waals surface area contributed by atoms with Gasteiger partial charge in [0.05, 0.1) is 17.1 Å². The summed E-state index contributed by atoms with van der Waals surface area (Å²) < 4.78 is 41.0. The summed E-state index contributed by atoms with van der Waals surface area (Å²) in [4.78, 5) is 9.25. The fourth-order valence-electron chi connectivity index (χ4n) is 0.819. The Morgan fingerprint density at radius 2 is 2.07 bits per heavy atom. The monoisotopic (exact) mass is 207 g/mol. The fraction of sp³-hybridized carbons (Fsp3) is 0.143. The Morgan fingerprint density at radius 3 is 2.57 bits per heavy atom. The quantitative estimate of drug-likeness (QED) is 0.563. The van der Waals surface area contributed by atoms with Crippen molar-refractivity contribution in [2.45, 2.75) is 0 Å². The number of nitrogens with zero attached hydrogens (tertiary/aromatic N) is 1. The molecule has 0 saturated heterocycles. The molecule has 0 atom stereocenters. The Bertz CT molecular complexity index is 369. The third-order valence-corrected chi connectivity index (χ3v) is 1.40. The molecule has 0 aliphatic carbocycles. The van der Waals surface area contributed by atoms with Gasteiger partial charge in [0, 0.05) is 0 Å². The third kappa shape index (κ3) is 1.93. The van der Waals surface area contributed by atoms with E-state index < -0.39 is 34.9 Å². The van der Waals surface area contributed by atoms with Crippen LogP contribution in [-0.4, -0.2) is 11.8 Å². The Kier molecular flexibility index (Phi) is 2.90. The normalized spacial score (nSPS) is 9.93. The van der Waals surface area contributed by atoms with Gasteiger partial charge in [0.1, 0.15) is 0 Å². The highest BCUT2D eigenvalue weighted by Gasteiger charge is 2.17. The molecule has 0 amide bonds. The SMILES string of the molecule is O=[N+]([O-])c1cc(F)c(F)c(OCF)c1. The van der Waals surface area contributed by atoms with Gasteiger partial charge in [-0.1, -0.05) is 0 Å². The Morgan fingerprint density at radius 1 is 1.43 bits per heavy atom. The summed E-state index contributed by atoms with van der Waals surface area (Å²) in [6, 6.07) is 0.998. The van der Waals surface area contributed by atoms with Gasteiger partial charge in [-0.3, -0.25) is 10.1 Å². The molecule has 14 heavy (non-hydrogen) atoms. The topological polar surface area (TPSA) is 52.4 Å². The first-order valence-electron chi connectivity index (χ1n) is 3.38. The Labute approximate surface area is 76.1 Å². The smallest absolute Gasteiger partial charge is 0.276 e. The molecule has 0 aromatic heterocycles. The van der Waals surface area contributed by atoms with E-state index in [2.05, 4.69) is 4.74 Å². The van der Waals surface area contributed by atoms with Crippen molar-refractivity contribution >= 4 is 5.69 Å². The average molecular weight is 207 g/mol. The van der Waals surface area contributed by atoms with Crippen molar-refractivity contribution in [1.29, 1.82) is 0 Å². The summed E-state index contributed by atoms with van der Waals surface area (Å²) in [7, 11) is 0. The van der Waals surface area contributed by atoms with Gasteiger partial charge < -0.3 is 4.74 Å². The first-order chi connectivity index (χ1) is 6.56. The lowest BCUT2D eigenvalue weighted by molar-refractivity contribution is -0.385. The summed E-state index contributed by atoms with van der Waals surface area (Å²) in [6.07, 6.45) is 0. The second-order valence-corrected chi connectivity index (χ2v) is 2.25. The van der Waals surface area contributed by atoms with E-state index >= 15 is 0 Å². The van der Waals surface area contributed by atoms with Crippen LogP contribution in [0.2, 0.25) is 0 Å². The first-order valence-corrected chi connectivity index (χ1v) is 3.38. The minimum atomic E-state index is -1.46. The second-order valence-electron chi connectivity index (χ2n) is 2.25. The van der Waals surface area contributed by atoms with Crippen LogP contribution in [0.5, 0.6) is 5.75 Å². The molecule has 0 N–H and O–H groups in total. The first kappa shape index (κ1) is 10.3. The zero-order valence-corrected chi connectivity index (χ0v) is 6.67. The minimum Gasteiger partial charge on any atom is -0.459 e. The summed E-state index contributed by atoms with van der Waals surface area (Å²) in [5.41, 5.74) is -0.702. The van der Waals surface area contributed by atoms with Crippen LogP contribution in [0.4, 0.5) is 18.9 Å². The predicted molar refractivity (Wildman–Crippen MR) is 39.6 cm³/mol. The standard InChI is InChI=1S/C7H4F3NO3/c8-3-14-6-2-4(11(12)13)1-5(9)7(6)10/h1-2H,3H2. The maximum absolute atomic E-state index is 12.7. The zero-order valence-electron chi connectivity index (χ0n) is 6.67. The van der Waals surface area contributed by atoms with E-state index in [0.717, 1.165) is 0 Å². The number of alkyl halides is 1. The van der Waals surface area contributed by atoms with Gasteiger partial charge in [0.15, 0.2) is 11.6 Å². The molecule has 76 valence electrons. The summed E-state index contributed by atoms with van der Waals surface area (Å²) in [5, 5.41) is 10.2. The number of benzene rings is 1. The van der Waals surface area contributed by atoms with E-state index in [9.17, 15) is 23.3 Å². The number of rotatable bonds is 3. The van der Waals surface area contributed by atoms with Crippen molar-refractivity contribution in [2.75, 3.05) is 6.86 Å². The van der Waals surface area contributed by atoms with Crippen molar-refractivity contribution in [3.8, 4) is 5.75 Å². The highest BCUT2D eigenvalue weighted by atomic mass is 19.2. The van der Waals surface area contributed by atoms with Crippen molar-refractivity contribution in [3.05, 3.63) is 33.9 Å². The van der Waals surface area contributed by atoms with Gasteiger partial charge in [-0.15, -0.1) is 0 Å². The lowest BCUT2D eigenvalue weighted by atomic mass is 10.3. The van der Waals surface area contributed by atoms with Crippen molar-refractivity contribution in [2.24, 2.45) is 0 Å². The van der Waals surface area contributed by atoms with Crippen molar-refractivity contribution in [1.82, 2.24) is 0 Å². The molecule has 0 bridgehead atoms. The molecule has 0 aliphatic rings. The van der Waals surface area contributed by atoms with Gasteiger partial charge in [0.2, 0.25) is 12.7 Å². The lowest BCUT2D eigenvalue weighted by Crippen LogP contribution is -1.98. The van der Waals surface area contributed by atoms with Gasteiger partial charge in [0.25, 0.3) is 5.69 Å². The molecular weight excluding hydrogens is 203 g/mol. The van der Waals surface area contributed by atoms with Gasteiger partial charge in [-0.2, -0.15) is 4.39 Å². The van der Waals surface area contributed by atoms with Crippen LogP contribution in [0, 0.1) is 21.7 Å². The number of non-ortho nitro benzene ring substituents is 1. The van der Waals surface area contributed by atoms with Crippen molar-refractivity contribution < 1.29 is 22.8 Å². The van der Waals surface area contributed by atoms with Crippen LogP contribution in [0.25, 0.3) is 0 Å². The second kappa shape index (κ2) is 3.95. The summed E-state index contributed by atoms with van der Waals surface area (Å²) >= 11 is 0. The zero-order chi connectivity index (χ0) is 10.7. The van der Waals surface area contributed by atoms with Gasteiger partial charge in [-0.25, -0.2) is 8.78 Å². The number of hydrogen-bond donors (Lipinski definition) is 0. The molecule has 4 nitrogen and oxygen atoms in total. The largest absolute Gasteiger partial charge is 0.459 e. The molecule has 0 fully saturated rings. The fourth-order valence-corrected chi connectivity index (χ4v) is 0.819. The van der Waals surface area contributed by atoms with Crippen LogP contribution >= 0.6 is 0 Å². The molecular formula is C7H4F3NO3. The number of nitro benzene ring substituents is 1. The highest BCUT2D eigenvalue weighted by molar-refractivity contribution is 5.40. The maximum atomic E-state index is 12.7. The molecule has 0 unspecified atom stereocenters. The summed E-state index contributed by atoms with van der Waals surface area (Å²) in [5.74, 6) is -3.73. The van der Waals surface area contributed by atoms with Crippen molar-refractivity contribution in [3.63, 3.8) is 0 Å². The van der Waals surface area contributed by atoms with E-state index in [1.54, 1.807) is 0 Å². The van der Waals surface area contributed by atoms with E-state index in [1.165, 1.54) is 0 Å². The molecule has 1 aromatic rings. The van der Waals surface area contributed by atoms with E-state index in [0.29, 0.717) is 12.1 Å². The average Bonchev–Trinajstić information content (AvgIpc) is 2.12. The van der Waals surface area contributed by atoms with Crippen LogP contribution in [0.15, 0.2) is 12.1 Å². The third-order valence-electron chi connectivity index (χ3n) is 1.40.